The highest BCUT2D eigenvalue weighted by atomic mass is 16.8. The van der Waals surface area contributed by atoms with E-state index in [1.807, 2.05) is 0 Å². The molecule has 0 aliphatic heterocycles. The van der Waals surface area contributed by atoms with Gasteiger partial charge in [-0.15, -0.1) is 0 Å². The third kappa shape index (κ3) is 5.14. The molecule has 3 nitrogen and oxygen atoms in total. The summed E-state index contributed by atoms with van der Waals surface area (Å²) in [5.74, 6) is 0. The van der Waals surface area contributed by atoms with E-state index in [-0.39, 0.29) is 0 Å². The molecule has 0 aromatic rings. The minimum atomic E-state index is 1.52. The normalized spacial score (nSPS) is 11.1. The van der Waals surface area contributed by atoms with Gasteiger partial charge >= 0.3 is 0 Å². The lowest BCUT2D eigenvalue weighted by Crippen LogP contribution is -1.67. The average Bonchev–Trinajstić information content (AvgIpc) is 1.69. The Balaban J connectivity index is 2.98. The number of nitrogens with zero attached hydrogens (tertiary/aromatic N) is 2. The highest BCUT2D eigenvalue weighted by molar-refractivity contribution is 5.53. The zero-order valence-electron chi connectivity index (χ0n) is 4.46. The maximum absolute atomic E-state index is 4.27. The van der Waals surface area contributed by atoms with Gasteiger partial charge in [0.2, 0.25) is 0 Å². The van der Waals surface area contributed by atoms with Crippen LogP contribution in [0, 0.1) is 0 Å². The molecule has 0 atom stereocenters. The van der Waals surface area contributed by atoms with Crippen LogP contribution in [-0.4, -0.2) is 12.4 Å². The van der Waals surface area contributed by atoms with Crippen LogP contribution in [0.2, 0.25) is 0 Å². The number of hydrogen-bond acceptors (Lipinski definition) is 3. The van der Waals surface area contributed by atoms with Crippen molar-refractivity contribution in [2.75, 3.05) is 0 Å². The third-order valence-corrected chi connectivity index (χ3v) is 0.305. The van der Waals surface area contributed by atoms with Gasteiger partial charge in [-0.1, -0.05) is 10.3 Å². The van der Waals surface area contributed by atoms with Gasteiger partial charge in [0.1, 0.15) is 0 Å². The average molecular weight is 100 g/mol. The Morgan fingerprint density at radius 1 is 1.14 bits per heavy atom. The summed E-state index contributed by atoms with van der Waals surface area (Å²) >= 11 is 0. The molecular weight excluding hydrogens is 92.1 g/mol. The molecule has 0 aliphatic carbocycles. The molecule has 40 valence electrons. The van der Waals surface area contributed by atoms with Crippen LogP contribution < -0.4 is 0 Å². The second-order valence-electron chi connectivity index (χ2n) is 0.809. The first-order valence-corrected chi connectivity index (χ1v) is 2.04. The first-order valence-electron chi connectivity index (χ1n) is 2.04. The molecule has 0 amide bonds. The molecule has 0 saturated heterocycles. The van der Waals surface area contributed by atoms with Gasteiger partial charge in [-0.3, -0.25) is 0 Å². The minimum absolute atomic E-state index is 1.52. The van der Waals surface area contributed by atoms with Crippen molar-refractivity contribution in [3.05, 3.63) is 0 Å². The summed E-state index contributed by atoms with van der Waals surface area (Å²) in [5.41, 5.74) is 0. The topological polar surface area (TPSA) is 34.0 Å². The van der Waals surface area contributed by atoms with E-state index in [2.05, 4.69) is 15.2 Å². The SMILES string of the molecule is CC=NO/N=C/C. The molecule has 0 heterocycles. The van der Waals surface area contributed by atoms with Crippen LogP contribution in [-0.2, 0) is 4.94 Å². The molecule has 0 aromatic carbocycles. The lowest BCUT2D eigenvalue weighted by Gasteiger charge is -1.77. The Bertz CT molecular complexity index is 67.8. The fourth-order valence-corrected chi connectivity index (χ4v) is 0.121. The second-order valence-corrected chi connectivity index (χ2v) is 0.809. The predicted molar refractivity (Wildman–Crippen MR) is 29.4 cm³/mol. The molecule has 3 heteroatoms. The lowest BCUT2D eigenvalue weighted by atomic mass is 10.9. The number of hydrogen-bond donors (Lipinski definition) is 0. The highest BCUT2D eigenvalue weighted by Gasteiger charge is 1.58. The van der Waals surface area contributed by atoms with Crippen molar-refractivity contribution in [1.29, 1.82) is 0 Å². The summed E-state index contributed by atoms with van der Waals surface area (Å²) in [5, 5.41) is 6.68. The third-order valence-electron chi connectivity index (χ3n) is 0.305. The van der Waals surface area contributed by atoms with E-state index in [9.17, 15) is 0 Å². The van der Waals surface area contributed by atoms with E-state index >= 15 is 0 Å². The Morgan fingerprint density at radius 3 is 1.86 bits per heavy atom. The predicted octanol–water partition coefficient (Wildman–Crippen LogP) is 1.01. The maximum atomic E-state index is 4.27. The minimum Gasteiger partial charge on any atom is -0.245 e. The van der Waals surface area contributed by atoms with E-state index in [0.29, 0.717) is 0 Å². The van der Waals surface area contributed by atoms with Crippen LogP contribution in [0.5, 0.6) is 0 Å². The van der Waals surface area contributed by atoms with Gasteiger partial charge in [0, 0.05) is 12.4 Å². The van der Waals surface area contributed by atoms with Crippen molar-refractivity contribution in [2.24, 2.45) is 10.3 Å². The summed E-state index contributed by atoms with van der Waals surface area (Å²) in [6, 6.07) is 0. The molecule has 0 bridgehead atoms. The Labute approximate surface area is 42.6 Å². The van der Waals surface area contributed by atoms with Crippen molar-refractivity contribution in [1.82, 2.24) is 0 Å². The van der Waals surface area contributed by atoms with Crippen LogP contribution in [0.3, 0.4) is 0 Å². The molecule has 0 radical (unpaired) electrons. The monoisotopic (exact) mass is 100 g/mol. The highest BCUT2D eigenvalue weighted by Crippen LogP contribution is 1.70. The van der Waals surface area contributed by atoms with Gasteiger partial charge in [0.25, 0.3) is 0 Å². The summed E-state index contributed by atoms with van der Waals surface area (Å²) in [6.45, 7) is 3.51. The van der Waals surface area contributed by atoms with Crippen LogP contribution in [0.25, 0.3) is 0 Å². The molecule has 0 fully saturated rings. The summed E-state index contributed by atoms with van der Waals surface area (Å²) in [4.78, 5) is 4.27. The molecule has 7 heavy (non-hydrogen) atoms. The van der Waals surface area contributed by atoms with Crippen LogP contribution in [0.1, 0.15) is 13.8 Å². The Hall–Kier alpha value is -0.860. The van der Waals surface area contributed by atoms with E-state index < -0.39 is 0 Å². The Kier molecular flexibility index (Phi) is 4.51. The summed E-state index contributed by atoms with van der Waals surface area (Å²) in [7, 11) is 0. The van der Waals surface area contributed by atoms with Crippen molar-refractivity contribution in [3.8, 4) is 0 Å². The molecular formula is C4H8N2O. The molecule has 0 N–H and O–H groups in total. The molecule has 0 aromatic heterocycles. The summed E-state index contributed by atoms with van der Waals surface area (Å²) < 4.78 is 0. The molecule has 0 unspecified atom stereocenters. The van der Waals surface area contributed by atoms with Crippen molar-refractivity contribution >= 4 is 12.4 Å². The van der Waals surface area contributed by atoms with E-state index in [1.165, 1.54) is 12.4 Å². The van der Waals surface area contributed by atoms with Crippen molar-refractivity contribution in [3.63, 3.8) is 0 Å². The fraction of sp³-hybridized carbons (Fsp3) is 0.500. The van der Waals surface area contributed by atoms with Crippen molar-refractivity contribution in [2.45, 2.75) is 13.8 Å². The largest absolute Gasteiger partial charge is 0.245 e. The first-order chi connectivity index (χ1) is 3.41. The second kappa shape index (κ2) is 5.14. The zero-order valence-corrected chi connectivity index (χ0v) is 4.46. The molecule has 0 saturated carbocycles. The van der Waals surface area contributed by atoms with Crippen LogP contribution >= 0.6 is 0 Å². The van der Waals surface area contributed by atoms with Gasteiger partial charge in [-0.05, 0) is 13.8 Å². The zero-order chi connectivity index (χ0) is 5.54. The van der Waals surface area contributed by atoms with Gasteiger partial charge in [-0.25, -0.2) is 4.94 Å². The van der Waals surface area contributed by atoms with E-state index in [0.717, 1.165) is 0 Å². The quantitative estimate of drug-likeness (QED) is 0.376. The van der Waals surface area contributed by atoms with Gasteiger partial charge in [-0.2, -0.15) is 0 Å². The van der Waals surface area contributed by atoms with E-state index in [1.54, 1.807) is 13.8 Å². The standard InChI is InChI=1S/C4H8N2O/c1-3-5-7-6-4-2/h3-4H,1-2H3/b5-3+,6-4?. The van der Waals surface area contributed by atoms with Gasteiger partial charge in [0.15, 0.2) is 0 Å². The fourth-order valence-electron chi connectivity index (χ4n) is 0.121. The van der Waals surface area contributed by atoms with Crippen LogP contribution in [0.4, 0.5) is 0 Å². The van der Waals surface area contributed by atoms with Crippen molar-refractivity contribution < 1.29 is 4.94 Å². The molecule has 0 aliphatic rings. The van der Waals surface area contributed by atoms with Crippen LogP contribution in [0.15, 0.2) is 10.3 Å². The maximum Gasteiger partial charge on any atom is 0.0439 e. The van der Waals surface area contributed by atoms with E-state index in [4.69, 9.17) is 0 Å². The van der Waals surface area contributed by atoms with Gasteiger partial charge in [0.05, 0.1) is 0 Å². The molecule has 0 rings (SSSR count). The Morgan fingerprint density at radius 2 is 1.57 bits per heavy atom. The summed E-state index contributed by atoms with van der Waals surface area (Å²) in [6.07, 6.45) is 3.04. The number of rotatable bonds is 2. The van der Waals surface area contributed by atoms with Gasteiger partial charge < -0.3 is 0 Å². The molecule has 0 spiro atoms. The lowest BCUT2D eigenvalue weighted by molar-refractivity contribution is 0.158. The number of oxime groups is 2. The first kappa shape index (κ1) is 6.14. The smallest absolute Gasteiger partial charge is 0.0439 e.